The lowest BCUT2D eigenvalue weighted by molar-refractivity contribution is 0.317. The second-order valence-electron chi connectivity index (χ2n) is 0.655. The second kappa shape index (κ2) is 2.87. The minimum absolute atomic E-state index is 0.204. The summed E-state index contributed by atoms with van der Waals surface area (Å²) < 4.78 is 0. The fourth-order valence-corrected chi connectivity index (χ4v) is 0.0589. The van der Waals surface area contributed by atoms with Crippen LogP contribution < -0.4 is 11.2 Å². The fraction of sp³-hybridized carbons (Fsp3) is 0.500. The molecule has 0 unspecified atom stereocenters. The Labute approximate surface area is 41.4 Å². The highest BCUT2D eigenvalue weighted by atomic mass is 32.1. The molecule has 0 spiro atoms. The maximum absolute atomic E-state index is 4.58. The number of thiocarbonyl (C=S) groups is 1. The standard InChI is InChI=1S/C2H6N2OS/c1-4-2(6)5-3/h3H2,1H3,(H,4,6). The van der Waals surface area contributed by atoms with Gasteiger partial charge in [-0.2, -0.15) is 5.90 Å². The third kappa shape index (κ3) is 1.92. The Bertz CT molecular complexity index is 49.5. The van der Waals surface area contributed by atoms with E-state index in [1.54, 1.807) is 7.05 Å². The second-order valence-corrected chi connectivity index (χ2v) is 1.03. The van der Waals surface area contributed by atoms with Crippen LogP contribution in [0.3, 0.4) is 0 Å². The van der Waals surface area contributed by atoms with Crippen LogP contribution in [-0.4, -0.2) is 12.2 Å². The lowest BCUT2D eigenvalue weighted by Gasteiger charge is -1.93. The normalized spacial score (nSPS) is 7.00. The number of nitrogens with one attached hydrogen (secondary N) is 1. The van der Waals surface area contributed by atoms with Gasteiger partial charge in [-0.15, -0.1) is 0 Å². The first-order chi connectivity index (χ1) is 2.81. The van der Waals surface area contributed by atoms with Crippen LogP contribution in [-0.2, 0) is 4.84 Å². The average Bonchev–Trinajstić information content (AvgIpc) is 1.65. The topological polar surface area (TPSA) is 47.3 Å². The Hall–Kier alpha value is -0.350. The van der Waals surface area contributed by atoms with Crippen molar-refractivity contribution in [2.24, 2.45) is 5.90 Å². The summed E-state index contributed by atoms with van der Waals surface area (Å²) in [5.74, 6) is 4.58. The van der Waals surface area contributed by atoms with E-state index >= 15 is 0 Å². The lowest BCUT2D eigenvalue weighted by atomic mass is 11.2. The molecule has 0 aliphatic heterocycles. The van der Waals surface area contributed by atoms with Crippen LogP contribution in [0, 0.1) is 0 Å². The molecular weight excluding hydrogens is 100 g/mol. The van der Waals surface area contributed by atoms with Gasteiger partial charge >= 0.3 is 0 Å². The summed E-state index contributed by atoms with van der Waals surface area (Å²) >= 11 is 4.40. The largest absolute Gasteiger partial charge is 0.381 e. The van der Waals surface area contributed by atoms with Crippen LogP contribution in [0.25, 0.3) is 0 Å². The Morgan fingerprint density at radius 3 is 2.50 bits per heavy atom. The van der Waals surface area contributed by atoms with Crippen molar-refractivity contribution < 1.29 is 4.84 Å². The molecule has 0 aromatic carbocycles. The molecule has 0 aromatic heterocycles. The molecule has 4 heteroatoms. The Morgan fingerprint density at radius 1 is 2.00 bits per heavy atom. The van der Waals surface area contributed by atoms with Gasteiger partial charge in [-0.3, -0.25) is 0 Å². The fourth-order valence-electron chi connectivity index (χ4n) is 0.0589. The van der Waals surface area contributed by atoms with Crippen LogP contribution in [0.15, 0.2) is 0 Å². The summed E-state index contributed by atoms with van der Waals surface area (Å²) in [5.41, 5.74) is 0. The zero-order chi connectivity index (χ0) is 4.99. The van der Waals surface area contributed by atoms with Crippen molar-refractivity contribution in [3.8, 4) is 0 Å². The minimum atomic E-state index is 0.204. The van der Waals surface area contributed by atoms with E-state index < -0.39 is 0 Å². The summed E-state index contributed by atoms with van der Waals surface area (Å²) in [6.07, 6.45) is 0. The maximum atomic E-state index is 4.58. The van der Waals surface area contributed by atoms with Gasteiger partial charge in [0, 0.05) is 7.05 Å². The summed E-state index contributed by atoms with van der Waals surface area (Å²) in [5, 5.41) is 2.70. The van der Waals surface area contributed by atoms with Gasteiger partial charge in [-0.05, 0) is 12.2 Å². The predicted octanol–water partition coefficient (Wildman–Crippen LogP) is -0.619. The molecule has 0 bridgehead atoms. The van der Waals surface area contributed by atoms with E-state index in [1.165, 1.54) is 0 Å². The highest BCUT2D eigenvalue weighted by Crippen LogP contribution is 1.60. The Morgan fingerprint density at radius 2 is 2.50 bits per heavy atom. The van der Waals surface area contributed by atoms with E-state index in [4.69, 9.17) is 0 Å². The smallest absolute Gasteiger partial charge is 0.277 e. The molecule has 0 atom stereocenters. The molecule has 36 valence electrons. The summed E-state index contributed by atoms with van der Waals surface area (Å²) in [6.45, 7) is 0. The van der Waals surface area contributed by atoms with Gasteiger partial charge < -0.3 is 10.2 Å². The monoisotopic (exact) mass is 106 g/mol. The van der Waals surface area contributed by atoms with Crippen LogP contribution in [0.1, 0.15) is 0 Å². The summed E-state index contributed by atoms with van der Waals surface area (Å²) in [4.78, 5) is 4.02. The molecule has 0 radical (unpaired) electrons. The SMILES string of the molecule is CNC(=S)ON. The van der Waals surface area contributed by atoms with E-state index in [2.05, 4.69) is 28.3 Å². The molecule has 0 rings (SSSR count). The molecule has 0 heterocycles. The van der Waals surface area contributed by atoms with Crippen molar-refractivity contribution in [3.63, 3.8) is 0 Å². The molecule has 6 heavy (non-hydrogen) atoms. The van der Waals surface area contributed by atoms with Gasteiger partial charge in [0.1, 0.15) is 0 Å². The first-order valence-corrected chi connectivity index (χ1v) is 1.80. The van der Waals surface area contributed by atoms with Gasteiger partial charge in [0.25, 0.3) is 5.17 Å². The highest BCUT2D eigenvalue weighted by Gasteiger charge is 1.79. The number of nitrogens with two attached hydrogens (primary N) is 1. The van der Waals surface area contributed by atoms with Crippen molar-refractivity contribution in [2.75, 3.05) is 7.05 Å². The van der Waals surface area contributed by atoms with Crippen LogP contribution in [0.2, 0.25) is 0 Å². The van der Waals surface area contributed by atoms with Gasteiger partial charge in [0.2, 0.25) is 0 Å². The van der Waals surface area contributed by atoms with Crippen molar-refractivity contribution in [1.82, 2.24) is 5.32 Å². The van der Waals surface area contributed by atoms with Crippen molar-refractivity contribution >= 4 is 17.4 Å². The maximum Gasteiger partial charge on any atom is 0.277 e. The van der Waals surface area contributed by atoms with Gasteiger partial charge in [0.15, 0.2) is 0 Å². The molecule has 3 nitrogen and oxygen atoms in total. The Kier molecular flexibility index (Phi) is 2.70. The van der Waals surface area contributed by atoms with Crippen molar-refractivity contribution in [2.45, 2.75) is 0 Å². The van der Waals surface area contributed by atoms with Gasteiger partial charge in [-0.25, -0.2) is 0 Å². The lowest BCUT2D eigenvalue weighted by Crippen LogP contribution is -2.21. The van der Waals surface area contributed by atoms with E-state index in [9.17, 15) is 0 Å². The number of hydrogen-bond donors (Lipinski definition) is 2. The summed E-state index contributed by atoms with van der Waals surface area (Å²) in [6, 6.07) is 0. The zero-order valence-electron chi connectivity index (χ0n) is 3.39. The minimum Gasteiger partial charge on any atom is -0.381 e. The van der Waals surface area contributed by atoms with Gasteiger partial charge in [0.05, 0.1) is 0 Å². The quantitative estimate of drug-likeness (QED) is 0.319. The number of hydrogen-bond acceptors (Lipinski definition) is 3. The number of rotatable bonds is 0. The van der Waals surface area contributed by atoms with Crippen LogP contribution in [0.4, 0.5) is 0 Å². The van der Waals surface area contributed by atoms with E-state index in [1.807, 2.05) is 0 Å². The molecule has 0 saturated heterocycles. The molecular formula is C2H6N2OS. The molecule has 0 fully saturated rings. The first kappa shape index (κ1) is 5.65. The molecule has 0 aliphatic rings. The molecule has 3 N–H and O–H groups in total. The van der Waals surface area contributed by atoms with E-state index in [-0.39, 0.29) is 5.17 Å². The summed E-state index contributed by atoms with van der Waals surface area (Å²) in [7, 11) is 1.63. The zero-order valence-corrected chi connectivity index (χ0v) is 4.21. The highest BCUT2D eigenvalue weighted by molar-refractivity contribution is 7.80. The van der Waals surface area contributed by atoms with E-state index in [0.717, 1.165) is 0 Å². The molecule has 0 saturated carbocycles. The molecule has 0 aromatic rings. The van der Waals surface area contributed by atoms with Crippen LogP contribution >= 0.6 is 12.2 Å². The van der Waals surface area contributed by atoms with E-state index in [0.29, 0.717) is 0 Å². The molecule has 0 aliphatic carbocycles. The van der Waals surface area contributed by atoms with Gasteiger partial charge in [-0.1, -0.05) is 0 Å². The third-order valence-corrected chi connectivity index (χ3v) is 0.612. The van der Waals surface area contributed by atoms with Crippen molar-refractivity contribution in [1.29, 1.82) is 0 Å². The molecule has 0 amide bonds. The third-order valence-electron chi connectivity index (χ3n) is 0.311. The Balaban J connectivity index is 2.99. The first-order valence-electron chi connectivity index (χ1n) is 1.39. The van der Waals surface area contributed by atoms with Crippen molar-refractivity contribution in [3.05, 3.63) is 0 Å². The average molecular weight is 106 g/mol. The van der Waals surface area contributed by atoms with Crippen LogP contribution in [0.5, 0.6) is 0 Å². The predicted molar refractivity (Wildman–Crippen MR) is 26.9 cm³/mol.